The van der Waals surface area contributed by atoms with Gasteiger partial charge < -0.3 is 4.74 Å². The van der Waals surface area contributed by atoms with Gasteiger partial charge in [-0.15, -0.1) is 0 Å². The van der Waals surface area contributed by atoms with Gasteiger partial charge in [0, 0.05) is 36.8 Å². The molecule has 1 aliphatic heterocycles. The first-order chi connectivity index (χ1) is 17.5. The minimum atomic E-state index is -0.554. The smallest absolute Gasteiger partial charge is 0.170 e. The molecule has 0 radical (unpaired) electrons. The third-order valence-electron chi connectivity index (χ3n) is 7.65. The van der Waals surface area contributed by atoms with Gasteiger partial charge in [-0.25, -0.2) is 4.68 Å². The van der Waals surface area contributed by atoms with E-state index in [0.717, 1.165) is 74.6 Å². The van der Waals surface area contributed by atoms with E-state index in [1.165, 1.54) is 0 Å². The number of benzene rings is 1. The third-order valence-corrected chi connectivity index (χ3v) is 7.90. The summed E-state index contributed by atoms with van der Waals surface area (Å²) in [5.74, 6) is -0.0109. The molecule has 1 saturated carbocycles. The van der Waals surface area contributed by atoms with Gasteiger partial charge in [0.25, 0.3) is 0 Å². The third kappa shape index (κ3) is 4.94. The molecule has 0 N–H and O–H groups in total. The Morgan fingerprint density at radius 1 is 1.14 bits per heavy atom. The van der Waals surface area contributed by atoms with Gasteiger partial charge in [0.05, 0.1) is 53.5 Å². The lowest BCUT2D eigenvalue weighted by atomic mass is 9.71. The molecule has 1 saturated heterocycles. The number of ether oxygens (including phenoxy) is 1. The Balaban J connectivity index is 1.25. The van der Waals surface area contributed by atoms with Gasteiger partial charge >= 0.3 is 0 Å². The molecule has 0 bridgehead atoms. The quantitative estimate of drug-likeness (QED) is 0.454. The maximum Gasteiger partial charge on any atom is 0.170 e. The summed E-state index contributed by atoms with van der Waals surface area (Å²) in [6.07, 6.45) is 7.20. The van der Waals surface area contributed by atoms with Crippen molar-refractivity contribution < 1.29 is 9.53 Å². The molecular weight excluding hydrogens is 474 g/mol. The van der Waals surface area contributed by atoms with Crippen LogP contribution in [-0.2, 0) is 16.6 Å². The van der Waals surface area contributed by atoms with Gasteiger partial charge in [-0.2, -0.15) is 10.4 Å². The van der Waals surface area contributed by atoms with Crippen molar-refractivity contribution in [2.45, 2.75) is 50.5 Å². The van der Waals surface area contributed by atoms with Crippen LogP contribution in [0.5, 0.6) is 0 Å². The molecule has 7 nitrogen and oxygen atoms in total. The average Bonchev–Trinajstić information content (AvgIpc) is 3.31. The summed E-state index contributed by atoms with van der Waals surface area (Å²) < 4.78 is 7.23. The van der Waals surface area contributed by atoms with E-state index >= 15 is 0 Å². The highest BCUT2D eigenvalue weighted by Gasteiger charge is 2.40. The van der Waals surface area contributed by atoms with E-state index in [1.54, 1.807) is 29.2 Å². The summed E-state index contributed by atoms with van der Waals surface area (Å²) in [6.45, 7) is 5.43. The summed E-state index contributed by atoms with van der Waals surface area (Å²) in [5.41, 5.74) is 3.32. The fraction of sp³-hybridized carbons (Fsp3) is 0.429. The Morgan fingerprint density at radius 2 is 1.86 bits per heavy atom. The zero-order valence-corrected chi connectivity index (χ0v) is 21.2. The van der Waals surface area contributed by atoms with Crippen molar-refractivity contribution in [1.29, 1.82) is 5.26 Å². The largest absolute Gasteiger partial charge is 0.379 e. The lowest BCUT2D eigenvalue weighted by Gasteiger charge is -2.41. The monoisotopic (exact) mass is 503 g/mol. The molecule has 5 rings (SSSR count). The molecule has 186 valence electrons. The molecule has 1 aromatic carbocycles. The van der Waals surface area contributed by atoms with Crippen molar-refractivity contribution in [2.75, 3.05) is 26.3 Å². The van der Waals surface area contributed by atoms with Crippen molar-refractivity contribution in [3.8, 4) is 11.8 Å². The number of aromatic nitrogens is 3. The fourth-order valence-corrected chi connectivity index (χ4v) is 5.57. The number of hydrogen-bond acceptors (Lipinski definition) is 6. The first-order valence-electron chi connectivity index (χ1n) is 12.5. The van der Waals surface area contributed by atoms with Crippen molar-refractivity contribution in [3.63, 3.8) is 0 Å². The first kappa shape index (κ1) is 24.6. The number of ketones is 1. The summed E-state index contributed by atoms with van der Waals surface area (Å²) >= 11 is 5.99. The standard InChI is InChI=1S/C28H30ClN5O2/c1-20-25(18-32-34(20)24-5-3-22(29)4-6-24)26(35)16-21-2-7-27(31-17-21)28(19-30)10-8-23(9-11-28)33-12-14-36-15-13-33/h2-7,17-18,23H,8-16H2,1H3. The van der Waals surface area contributed by atoms with Crippen LogP contribution < -0.4 is 0 Å². The molecule has 0 amide bonds. The second kappa shape index (κ2) is 10.5. The van der Waals surface area contributed by atoms with Crippen molar-refractivity contribution in [2.24, 2.45) is 0 Å². The van der Waals surface area contributed by atoms with Crippen molar-refractivity contribution >= 4 is 17.4 Å². The second-order valence-electron chi connectivity index (χ2n) is 9.76. The van der Waals surface area contributed by atoms with Crippen LogP contribution in [0, 0.1) is 18.3 Å². The number of halogens is 1. The van der Waals surface area contributed by atoms with E-state index < -0.39 is 5.41 Å². The Hall–Kier alpha value is -3.05. The molecule has 2 aromatic heterocycles. The van der Waals surface area contributed by atoms with Gasteiger partial charge in [-0.1, -0.05) is 17.7 Å². The van der Waals surface area contributed by atoms with Crippen LogP contribution >= 0.6 is 11.6 Å². The molecule has 8 heteroatoms. The molecule has 3 heterocycles. The van der Waals surface area contributed by atoms with E-state index in [4.69, 9.17) is 16.3 Å². The average molecular weight is 504 g/mol. The van der Waals surface area contributed by atoms with Crippen LogP contribution in [0.2, 0.25) is 5.02 Å². The first-order valence-corrected chi connectivity index (χ1v) is 12.9. The summed E-state index contributed by atoms with van der Waals surface area (Å²) in [7, 11) is 0. The number of carbonyl (C=O) groups excluding carboxylic acids is 1. The lowest BCUT2D eigenvalue weighted by molar-refractivity contribution is 0.00493. The van der Waals surface area contributed by atoms with Gasteiger partial charge in [0.1, 0.15) is 0 Å². The van der Waals surface area contributed by atoms with Gasteiger partial charge in [0.2, 0.25) is 0 Å². The van der Waals surface area contributed by atoms with Gasteiger partial charge in [-0.05, 0) is 68.5 Å². The van der Waals surface area contributed by atoms with Crippen molar-refractivity contribution in [3.05, 3.63) is 76.3 Å². The summed E-state index contributed by atoms with van der Waals surface area (Å²) in [4.78, 5) is 20.2. The number of rotatable bonds is 6. The van der Waals surface area contributed by atoms with Gasteiger partial charge in [0.15, 0.2) is 5.78 Å². The highest BCUT2D eigenvalue weighted by Crippen LogP contribution is 2.39. The number of hydrogen-bond donors (Lipinski definition) is 0. The molecular formula is C28H30ClN5O2. The Morgan fingerprint density at radius 3 is 2.50 bits per heavy atom. The maximum atomic E-state index is 13.1. The molecule has 2 aliphatic rings. The number of nitrogens with zero attached hydrogens (tertiary/aromatic N) is 5. The van der Waals surface area contributed by atoms with Crippen LogP contribution in [0.3, 0.4) is 0 Å². The normalized spacial score (nSPS) is 22.8. The summed E-state index contributed by atoms with van der Waals surface area (Å²) in [5, 5.41) is 15.2. The number of carbonyl (C=O) groups is 1. The molecule has 36 heavy (non-hydrogen) atoms. The molecule has 3 aromatic rings. The zero-order valence-electron chi connectivity index (χ0n) is 20.5. The van der Waals surface area contributed by atoms with Crippen LogP contribution in [0.1, 0.15) is 53.0 Å². The number of nitriles is 1. The maximum absolute atomic E-state index is 13.1. The number of morpholine rings is 1. The SMILES string of the molecule is Cc1c(C(=O)Cc2ccc(C3(C#N)CCC(N4CCOCC4)CC3)nc2)cnn1-c1ccc(Cl)cc1. The van der Waals surface area contributed by atoms with E-state index in [-0.39, 0.29) is 12.2 Å². The molecule has 0 unspecified atom stereocenters. The number of pyridine rings is 1. The van der Waals surface area contributed by atoms with Gasteiger partial charge in [-0.3, -0.25) is 14.7 Å². The highest BCUT2D eigenvalue weighted by atomic mass is 35.5. The summed E-state index contributed by atoms with van der Waals surface area (Å²) in [6, 6.07) is 14.3. The van der Waals surface area contributed by atoms with E-state index in [2.05, 4.69) is 21.1 Å². The Kier molecular flexibility index (Phi) is 7.20. The van der Waals surface area contributed by atoms with Crippen LogP contribution in [0.4, 0.5) is 0 Å². The topological polar surface area (TPSA) is 84.0 Å². The molecule has 2 fully saturated rings. The Bertz CT molecular complexity index is 1250. The van der Waals surface area contributed by atoms with Crippen LogP contribution in [-0.4, -0.2) is 57.8 Å². The number of Topliss-reactive ketones (excluding diaryl/α,β-unsaturated/α-hetero) is 1. The van der Waals surface area contributed by atoms with Crippen LogP contribution in [0.25, 0.3) is 5.69 Å². The lowest BCUT2D eigenvalue weighted by Crippen LogP contribution is -2.47. The molecule has 0 atom stereocenters. The van der Waals surface area contributed by atoms with Crippen LogP contribution in [0.15, 0.2) is 48.8 Å². The fourth-order valence-electron chi connectivity index (χ4n) is 5.45. The Labute approximate surface area is 216 Å². The van der Waals surface area contributed by atoms with E-state index in [0.29, 0.717) is 16.6 Å². The minimum absolute atomic E-state index is 0.0109. The highest BCUT2D eigenvalue weighted by molar-refractivity contribution is 6.30. The van der Waals surface area contributed by atoms with E-state index in [1.807, 2.05) is 31.2 Å². The molecule has 1 aliphatic carbocycles. The van der Waals surface area contributed by atoms with E-state index in [9.17, 15) is 10.1 Å². The minimum Gasteiger partial charge on any atom is -0.379 e. The predicted octanol–water partition coefficient (Wildman–Crippen LogP) is 4.69. The van der Waals surface area contributed by atoms with Crippen molar-refractivity contribution in [1.82, 2.24) is 19.7 Å². The molecule has 0 spiro atoms. The second-order valence-corrected chi connectivity index (χ2v) is 10.2. The zero-order chi connectivity index (χ0) is 25.1. The predicted molar refractivity (Wildman–Crippen MR) is 138 cm³/mol.